The molecule has 1 aromatic carbocycles. The maximum absolute atomic E-state index is 11.8. The summed E-state index contributed by atoms with van der Waals surface area (Å²) in [6, 6.07) is 9.28. The first-order valence-electron chi connectivity index (χ1n) is 5.86. The quantitative estimate of drug-likeness (QED) is 0.756. The SMILES string of the molecule is CC(=O)N(OC(=O)Cc1ccccc1)C(C)(C)C. The monoisotopic (exact) mass is 249 g/mol. The third kappa shape index (κ3) is 4.20. The van der Waals surface area contributed by atoms with Gasteiger partial charge in [-0.3, -0.25) is 4.79 Å². The van der Waals surface area contributed by atoms with Crippen molar-refractivity contribution in [2.24, 2.45) is 0 Å². The molecule has 0 unspecified atom stereocenters. The number of hydrogen-bond acceptors (Lipinski definition) is 3. The van der Waals surface area contributed by atoms with E-state index in [9.17, 15) is 9.59 Å². The summed E-state index contributed by atoms with van der Waals surface area (Å²) >= 11 is 0. The van der Waals surface area contributed by atoms with E-state index in [2.05, 4.69) is 0 Å². The van der Waals surface area contributed by atoms with E-state index in [0.717, 1.165) is 10.6 Å². The van der Waals surface area contributed by atoms with Gasteiger partial charge in [0, 0.05) is 6.92 Å². The van der Waals surface area contributed by atoms with Crippen LogP contribution in [0.25, 0.3) is 0 Å². The van der Waals surface area contributed by atoms with Crippen molar-refractivity contribution in [3.05, 3.63) is 35.9 Å². The molecule has 0 saturated heterocycles. The first kappa shape index (κ1) is 14.2. The first-order chi connectivity index (χ1) is 8.30. The summed E-state index contributed by atoms with van der Waals surface area (Å²) in [5.41, 5.74) is 0.318. The Morgan fingerprint density at radius 1 is 1.17 bits per heavy atom. The number of benzene rings is 1. The van der Waals surface area contributed by atoms with Crippen LogP contribution in [0, 0.1) is 0 Å². The molecule has 4 heteroatoms. The highest BCUT2D eigenvalue weighted by molar-refractivity contribution is 5.77. The molecule has 0 atom stereocenters. The van der Waals surface area contributed by atoms with Crippen molar-refractivity contribution in [2.45, 2.75) is 39.7 Å². The van der Waals surface area contributed by atoms with Crippen LogP contribution >= 0.6 is 0 Å². The molecule has 1 aromatic rings. The second-order valence-electron chi connectivity index (χ2n) is 5.11. The van der Waals surface area contributed by atoms with E-state index in [1.165, 1.54) is 6.92 Å². The number of carbonyl (C=O) groups excluding carboxylic acids is 2. The minimum absolute atomic E-state index is 0.153. The number of hydroxylamine groups is 2. The molecule has 0 fully saturated rings. The van der Waals surface area contributed by atoms with Gasteiger partial charge in [0.15, 0.2) is 0 Å². The van der Waals surface area contributed by atoms with E-state index in [1.54, 1.807) is 0 Å². The van der Waals surface area contributed by atoms with Crippen LogP contribution < -0.4 is 0 Å². The summed E-state index contributed by atoms with van der Waals surface area (Å²) in [5, 5.41) is 1.11. The van der Waals surface area contributed by atoms with Crippen molar-refractivity contribution in [3.63, 3.8) is 0 Å². The summed E-state index contributed by atoms with van der Waals surface area (Å²) in [6.07, 6.45) is 0.153. The molecule has 0 aliphatic heterocycles. The van der Waals surface area contributed by atoms with Crippen LogP contribution in [0.5, 0.6) is 0 Å². The lowest BCUT2D eigenvalue weighted by molar-refractivity contribution is -0.215. The minimum Gasteiger partial charge on any atom is -0.337 e. The number of carbonyl (C=O) groups is 2. The number of rotatable bonds is 2. The molecular weight excluding hydrogens is 230 g/mol. The Morgan fingerprint density at radius 2 is 1.72 bits per heavy atom. The zero-order valence-corrected chi connectivity index (χ0v) is 11.3. The third-order valence-corrected chi connectivity index (χ3v) is 2.28. The highest BCUT2D eigenvalue weighted by Gasteiger charge is 2.28. The van der Waals surface area contributed by atoms with E-state index in [4.69, 9.17) is 4.84 Å². The highest BCUT2D eigenvalue weighted by Crippen LogP contribution is 2.15. The molecule has 1 rings (SSSR count). The maximum atomic E-state index is 11.8. The van der Waals surface area contributed by atoms with Crippen molar-refractivity contribution in [2.75, 3.05) is 0 Å². The molecule has 0 saturated carbocycles. The van der Waals surface area contributed by atoms with Gasteiger partial charge in [0.05, 0.1) is 12.0 Å². The fourth-order valence-electron chi connectivity index (χ4n) is 1.57. The van der Waals surface area contributed by atoms with E-state index >= 15 is 0 Å². The normalized spacial score (nSPS) is 10.9. The lowest BCUT2D eigenvalue weighted by Crippen LogP contribution is -2.45. The molecule has 0 radical (unpaired) electrons. The number of amides is 1. The maximum Gasteiger partial charge on any atom is 0.336 e. The Labute approximate surface area is 108 Å². The molecule has 0 aromatic heterocycles. The summed E-state index contributed by atoms with van der Waals surface area (Å²) in [5.74, 6) is -0.727. The van der Waals surface area contributed by atoms with Gasteiger partial charge in [-0.15, -0.1) is 0 Å². The van der Waals surface area contributed by atoms with Gasteiger partial charge < -0.3 is 4.84 Å². The lowest BCUT2D eigenvalue weighted by Gasteiger charge is -2.32. The van der Waals surface area contributed by atoms with Crippen molar-refractivity contribution in [1.29, 1.82) is 0 Å². The standard InChI is InChI=1S/C14H19NO3/c1-11(16)15(14(2,3)4)18-13(17)10-12-8-6-5-7-9-12/h5-9H,10H2,1-4H3. The lowest BCUT2D eigenvalue weighted by atomic mass is 10.1. The smallest absolute Gasteiger partial charge is 0.336 e. The minimum atomic E-state index is -0.543. The summed E-state index contributed by atoms with van der Waals surface area (Å²) in [6.45, 7) is 6.81. The molecule has 0 aliphatic carbocycles. The average molecular weight is 249 g/mol. The Morgan fingerprint density at radius 3 is 2.17 bits per heavy atom. The number of hydrogen-bond donors (Lipinski definition) is 0. The van der Waals surface area contributed by atoms with E-state index in [-0.39, 0.29) is 12.3 Å². The van der Waals surface area contributed by atoms with Crippen molar-refractivity contribution < 1.29 is 14.4 Å². The fraction of sp³-hybridized carbons (Fsp3) is 0.429. The molecule has 18 heavy (non-hydrogen) atoms. The van der Waals surface area contributed by atoms with Gasteiger partial charge in [-0.25, -0.2) is 4.79 Å². The topological polar surface area (TPSA) is 46.6 Å². The van der Waals surface area contributed by atoms with Crippen LogP contribution in [0.4, 0.5) is 0 Å². The second kappa shape index (κ2) is 5.67. The Kier molecular flexibility index (Phi) is 4.48. The van der Waals surface area contributed by atoms with Crippen LogP contribution in [-0.4, -0.2) is 22.5 Å². The molecule has 0 N–H and O–H groups in total. The van der Waals surface area contributed by atoms with Crippen molar-refractivity contribution >= 4 is 11.9 Å². The van der Waals surface area contributed by atoms with Gasteiger partial charge in [-0.1, -0.05) is 30.3 Å². The average Bonchev–Trinajstić information content (AvgIpc) is 2.25. The van der Waals surface area contributed by atoms with Crippen LogP contribution in [0.2, 0.25) is 0 Å². The Balaban J connectivity index is 2.66. The molecular formula is C14H19NO3. The largest absolute Gasteiger partial charge is 0.337 e. The zero-order valence-electron chi connectivity index (χ0n) is 11.3. The molecule has 0 spiro atoms. The fourth-order valence-corrected chi connectivity index (χ4v) is 1.57. The molecule has 98 valence electrons. The molecule has 4 nitrogen and oxygen atoms in total. The highest BCUT2D eigenvalue weighted by atomic mass is 16.7. The van der Waals surface area contributed by atoms with Crippen LogP contribution in [0.15, 0.2) is 30.3 Å². The second-order valence-corrected chi connectivity index (χ2v) is 5.11. The zero-order chi connectivity index (χ0) is 13.8. The summed E-state index contributed by atoms with van der Waals surface area (Å²) in [7, 11) is 0. The molecule has 0 heterocycles. The predicted octanol–water partition coefficient (Wildman–Crippen LogP) is 2.33. The van der Waals surface area contributed by atoms with E-state index < -0.39 is 11.5 Å². The predicted molar refractivity (Wildman–Crippen MR) is 68.5 cm³/mol. The van der Waals surface area contributed by atoms with Crippen molar-refractivity contribution in [3.8, 4) is 0 Å². The van der Waals surface area contributed by atoms with Crippen LogP contribution in [-0.2, 0) is 20.8 Å². The van der Waals surface area contributed by atoms with Crippen LogP contribution in [0.1, 0.15) is 33.3 Å². The Hall–Kier alpha value is -1.84. The van der Waals surface area contributed by atoms with Gasteiger partial charge in [-0.2, -0.15) is 5.06 Å². The summed E-state index contributed by atoms with van der Waals surface area (Å²) < 4.78 is 0. The first-order valence-corrected chi connectivity index (χ1v) is 5.86. The third-order valence-electron chi connectivity index (χ3n) is 2.28. The molecule has 1 amide bonds. The Bertz CT molecular complexity index is 420. The van der Waals surface area contributed by atoms with E-state index in [1.807, 2.05) is 51.1 Å². The molecule has 0 aliphatic rings. The molecule has 0 bridgehead atoms. The number of nitrogens with zero attached hydrogens (tertiary/aromatic N) is 1. The van der Waals surface area contributed by atoms with Gasteiger partial charge >= 0.3 is 5.97 Å². The van der Waals surface area contributed by atoms with Gasteiger partial charge in [0.2, 0.25) is 0 Å². The van der Waals surface area contributed by atoms with E-state index in [0.29, 0.717) is 0 Å². The van der Waals surface area contributed by atoms with Gasteiger partial charge in [0.1, 0.15) is 0 Å². The van der Waals surface area contributed by atoms with Crippen molar-refractivity contribution in [1.82, 2.24) is 5.06 Å². The summed E-state index contributed by atoms with van der Waals surface area (Å²) in [4.78, 5) is 28.3. The van der Waals surface area contributed by atoms with Gasteiger partial charge in [0.25, 0.3) is 5.91 Å². The van der Waals surface area contributed by atoms with Gasteiger partial charge in [-0.05, 0) is 26.3 Å². The van der Waals surface area contributed by atoms with Crippen LogP contribution in [0.3, 0.4) is 0 Å².